The number of aromatic nitrogens is 4. The van der Waals surface area contributed by atoms with E-state index in [2.05, 4.69) is 150 Å². The molecule has 0 saturated carbocycles. The number of imidazole rings is 2. The van der Waals surface area contributed by atoms with Crippen LogP contribution >= 0.6 is 0 Å². The second-order valence-corrected chi connectivity index (χ2v) is 32.1. The highest BCUT2D eigenvalue weighted by Crippen LogP contribution is 2.42. The van der Waals surface area contributed by atoms with Crippen LogP contribution in [0, 0.1) is 13.8 Å². The Labute approximate surface area is 605 Å². The standard InChI is InChI=1S/C38H49N9O4S.C37H47N9O4S/c1-26-14-15-28(36(48)39-30-21-29(38(2,3)4)22-31(35(30)51-7)41-52(8,49)50)20-33(26)47-24-32(40-42-47)34-25-43(5)37(44(34)6)46-18-16-45(17-19-46)23-27-12-10-9-11-13-27;1-25-13-14-27(35(47)39-29-20-28(37(2,3)4)21-30(34(29)50-6)41-51(7,48)49)19-32(25)46-24-31(40-42-46)33-22-38-36(43(33)5)45-17-15-44(16-18-45)23-26-11-9-8-10-12-26/h9-15,20-22,24-25,40-42H,16-19,23H2,1-8H3;8-14,19-22,24,40-42H,15-18,23H2,1-7H3,(H,39,47)/p+1. The maximum absolute atomic E-state index is 13.8. The Kier molecular flexibility index (Phi) is 21.9. The molecular formula is C75H97N18O8S2+. The van der Waals surface area contributed by atoms with Crippen LogP contribution in [0.1, 0.15) is 107 Å². The molecule has 0 bridgehead atoms. The Balaban J connectivity index is 0.000000207. The van der Waals surface area contributed by atoms with Crippen molar-refractivity contribution < 1.29 is 40.5 Å². The third kappa shape index (κ3) is 17.7. The first-order valence-electron chi connectivity index (χ1n) is 34.2. The number of anilines is 8. The molecule has 0 radical (unpaired) electrons. The molecule has 28 heteroatoms. The summed E-state index contributed by atoms with van der Waals surface area (Å²) >= 11 is 0. The minimum absolute atomic E-state index is 0.219. The lowest BCUT2D eigenvalue weighted by Gasteiger charge is -2.35. The molecule has 12 rings (SSSR count). The summed E-state index contributed by atoms with van der Waals surface area (Å²) in [5, 5.41) is 9.63. The van der Waals surface area contributed by atoms with Crippen LogP contribution in [-0.4, -0.2) is 132 Å². The summed E-state index contributed by atoms with van der Waals surface area (Å²) < 4.78 is 71.4. The van der Waals surface area contributed by atoms with Crippen LogP contribution in [0.5, 0.6) is 11.5 Å². The molecule has 0 aliphatic carbocycles. The summed E-state index contributed by atoms with van der Waals surface area (Å²) in [4.78, 5) is 42.0. The number of aryl methyl sites for hydroxylation is 3. The second kappa shape index (κ2) is 30.5. The number of benzene rings is 6. The number of ether oxygens (including phenoxy) is 2. The first-order chi connectivity index (χ1) is 48.8. The van der Waals surface area contributed by atoms with Gasteiger partial charge >= 0.3 is 5.95 Å². The second-order valence-electron chi connectivity index (χ2n) is 28.7. The van der Waals surface area contributed by atoms with Crippen LogP contribution in [-0.2, 0) is 65.1 Å². The van der Waals surface area contributed by atoms with Crippen molar-refractivity contribution in [2.24, 2.45) is 21.1 Å². The van der Waals surface area contributed by atoms with E-state index in [4.69, 9.17) is 14.5 Å². The molecule has 0 spiro atoms. The predicted molar refractivity (Wildman–Crippen MR) is 410 cm³/mol. The molecule has 4 aliphatic rings. The highest BCUT2D eigenvalue weighted by molar-refractivity contribution is 7.92. The van der Waals surface area contributed by atoms with Crippen molar-refractivity contribution in [1.82, 2.24) is 45.8 Å². The zero-order chi connectivity index (χ0) is 73.9. The third-order valence-corrected chi connectivity index (χ3v) is 19.8. The van der Waals surface area contributed by atoms with Gasteiger partial charge in [0, 0.05) is 70.5 Å². The van der Waals surface area contributed by atoms with Gasteiger partial charge in [0.2, 0.25) is 26.0 Å². The number of hydrazine groups is 4. The highest BCUT2D eigenvalue weighted by Gasteiger charge is 2.33. The summed E-state index contributed by atoms with van der Waals surface area (Å²) in [5.41, 5.74) is 25.9. The van der Waals surface area contributed by atoms with E-state index < -0.39 is 20.0 Å². The van der Waals surface area contributed by atoms with Crippen LogP contribution in [0.4, 0.5) is 46.0 Å². The molecule has 546 valence electrons. The lowest BCUT2D eigenvalue weighted by Crippen LogP contribution is -2.50. The lowest BCUT2D eigenvalue weighted by molar-refractivity contribution is -0.658. The van der Waals surface area contributed by atoms with E-state index in [0.29, 0.717) is 22.5 Å². The Morgan fingerprint density at radius 3 is 1.36 bits per heavy atom. The predicted octanol–water partition coefficient (Wildman–Crippen LogP) is 9.05. The van der Waals surface area contributed by atoms with Crippen molar-refractivity contribution in [3.8, 4) is 11.5 Å². The van der Waals surface area contributed by atoms with E-state index in [9.17, 15) is 26.4 Å². The van der Waals surface area contributed by atoms with Crippen molar-refractivity contribution in [3.63, 3.8) is 0 Å². The Bertz CT molecular complexity index is 4740. The largest absolute Gasteiger partial charge is 0.492 e. The van der Waals surface area contributed by atoms with Crippen LogP contribution in [0.2, 0.25) is 0 Å². The Morgan fingerprint density at radius 1 is 0.544 bits per heavy atom. The fourth-order valence-electron chi connectivity index (χ4n) is 13.1. The minimum atomic E-state index is -3.61. The average Bonchev–Trinajstić information content (AvgIpc) is 1.77. The summed E-state index contributed by atoms with van der Waals surface area (Å²) in [6.07, 6.45) is 10.1. The smallest absolute Gasteiger partial charge is 0.359 e. The maximum Gasteiger partial charge on any atom is 0.359 e. The van der Waals surface area contributed by atoms with Crippen molar-refractivity contribution >= 4 is 89.3 Å². The van der Waals surface area contributed by atoms with Gasteiger partial charge in [0.15, 0.2) is 17.2 Å². The fourth-order valence-corrected chi connectivity index (χ4v) is 14.2. The van der Waals surface area contributed by atoms with E-state index >= 15 is 0 Å². The first kappa shape index (κ1) is 74.1. The first-order valence-corrected chi connectivity index (χ1v) is 38.0. The van der Waals surface area contributed by atoms with Gasteiger partial charge in [0.1, 0.15) is 11.9 Å². The molecule has 2 aromatic heterocycles. The van der Waals surface area contributed by atoms with Crippen LogP contribution in [0.15, 0.2) is 146 Å². The number of hydrogen-bond donors (Lipinski definition) is 8. The number of methoxy groups -OCH3 is 2. The van der Waals surface area contributed by atoms with Gasteiger partial charge in [-0.1, -0.05) is 114 Å². The van der Waals surface area contributed by atoms with Gasteiger partial charge in [-0.2, -0.15) is 0 Å². The Hall–Kier alpha value is -10.1. The molecule has 8 N–H and O–H groups in total. The molecule has 26 nitrogen and oxygen atoms in total. The number of nitrogens with one attached hydrogen (secondary N) is 8. The van der Waals surface area contributed by atoms with Crippen molar-refractivity contribution in [1.29, 1.82) is 0 Å². The van der Waals surface area contributed by atoms with Crippen molar-refractivity contribution in [3.05, 3.63) is 202 Å². The molecule has 2 fully saturated rings. The van der Waals surface area contributed by atoms with Gasteiger partial charge in [0.25, 0.3) is 11.8 Å². The lowest BCUT2D eigenvalue weighted by atomic mass is 9.86. The Morgan fingerprint density at radius 2 is 0.951 bits per heavy atom. The average molecular weight is 1440 g/mol. The number of hydrogen-bond acceptors (Lipinski definition) is 19. The van der Waals surface area contributed by atoms with E-state index in [1.54, 1.807) is 30.3 Å². The maximum atomic E-state index is 13.8. The zero-order valence-corrected chi connectivity index (χ0v) is 63.1. The molecule has 8 aromatic rings. The fraction of sp³-hybridized carbons (Fsp3) is 0.360. The quantitative estimate of drug-likeness (QED) is 0.0331. The van der Waals surface area contributed by atoms with Crippen LogP contribution in [0.3, 0.4) is 0 Å². The molecule has 0 unspecified atom stereocenters. The monoisotopic (exact) mass is 1440 g/mol. The molecule has 4 aliphatic heterocycles. The van der Waals surface area contributed by atoms with Gasteiger partial charge in [0.05, 0.1) is 118 Å². The van der Waals surface area contributed by atoms with E-state index in [0.717, 1.165) is 146 Å². The molecule has 6 aromatic carbocycles. The van der Waals surface area contributed by atoms with Gasteiger partial charge in [-0.25, -0.2) is 31.0 Å². The minimum Gasteiger partial charge on any atom is -0.492 e. The van der Waals surface area contributed by atoms with Crippen molar-refractivity contribution in [2.75, 3.05) is 119 Å². The molecule has 2 amide bonds. The molecule has 2 saturated heterocycles. The summed E-state index contributed by atoms with van der Waals surface area (Å²) in [6, 6.07) is 39.2. The van der Waals surface area contributed by atoms with Crippen LogP contribution < -0.4 is 75.9 Å². The number of rotatable bonds is 20. The third-order valence-electron chi connectivity index (χ3n) is 18.6. The summed E-state index contributed by atoms with van der Waals surface area (Å²) in [7, 11) is 1.85. The number of nitrogens with zero attached hydrogens (tertiary/aromatic N) is 10. The topological polar surface area (TPSA) is 263 Å². The summed E-state index contributed by atoms with van der Waals surface area (Å²) in [6.45, 7) is 25.5. The summed E-state index contributed by atoms with van der Waals surface area (Å²) in [5.74, 6) is 1.75. The molecule has 6 heterocycles. The van der Waals surface area contributed by atoms with Gasteiger partial charge in [-0.05, 0) is 107 Å². The van der Waals surface area contributed by atoms with Crippen LogP contribution in [0.25, 0.3) is 11.4 Å². The van der Waals surface area contributed by atoms with Gasteiger partial charge in [-0.15, -0.1) is 11.1 Å². The van der Waals surface area contributed by atoms with Gasteiger partial charge in [-0.3, -0.25) is 54.6 Å². The molecular weight excluding hydrogens is 1350 g/mol. The number of carbonyl (C=O) groups excluding carboxylic acids is 2. The van der Waals surface area contributed by atoms with Gasteiger partial charge < -0.3 is 29.6 Å². The van der Waals surface area contributed by atoms with E-state index in [-0.39, 0.29) is 45.5 Å². The number of amides is 2. The SMILES string of the molecule is COc1c(NC(=O)c2ccc(C)c(N3C=C(c4c[n+](C)c(N5CCN(Cc6ccccc6)CC5)n4C)NN3)c2)cc(C(C)(C)C)cc1NS(C)(=O)=O.COc1c(NC(=O)c2ccc(C)c(N3C=C(c4cnc(N5CCN(Cc6ccccc6)CC5)n4C)NN3)c2)cc(C(C)(C)C)cc1NS(C)(=O)=O. The number of piperazine rings is 2. The van der Waals surface area contributed by atoms with Crippen molar-refractivity contribution in [2.45, 2.75) is 79.3 Å². The molecule has 0 atom stereocenters. The highest BCUT2D eigenvalue weighted by atomic mass is 32.2. The van der Waals surface area contributed by atoms with E-state index in [1.165, 1.54) is 25.3 Å². The van der Waals surface area contributed by atoms with E-state index in [1.807, 2.05) is 127 Å². The normalized spacial score (nSPS) is 15.4. The zero-order valence-electron chi connectivity index (χ0n) is 61.5. The number of carbonyl (C=O) groups is 2. The number of sulfonamides is 2. The molecule has 103 heavy (non-hydrogen) atoms.